The zero-order chi connectivity index (χ0) is 16.9. The topological polar surface area (TPSA) is 61.4 Å². The van der Waals surface area contributed by atoms with E-state index in [2.05, 4.69) is 10.6 Å². The molecule has 1 fully saturated rings. The highest BCUT2D eigenvalue weighted by Crippen LogP contribution is 2.21. The molecule has 1 aromatic heterocycles. The van der Waals surface area contributed by atoms with Crippen LogP contribution in [-0.2, 0) is 11.3 Å². The number of urea groups is 1. The second-order valence-electron chi connectivity index (χ2n) is 5.59. The summed E-state index contributed by atoms with van der Waals surface area (Å²) < 4.78 is 0. The maximum atomic E-state index is 12.5. The van der Waals surface area contributed by atoms with E-state index in [1.54, 1.807) is 40.5 Å². The lowest BCUT2D eigenvalue weighted by Gasteiger charge is -2.24. The van der Waals surface area contributed by atoms with Gasteiger partial charge in [0.2, 0.25) is 5.91 Å². The number of thiophene rings is 1. The molecule has 0 unspecified atom stereocenters. The fraction of sp³-hybridized carbons (Fsp3) is 0.294. The Morgan fingerprint density at radius 3 is 2.92 bits per heavy atom. The number of halogens is 1. The van der Waals surface area contributed by atoms with Crippen molar-refractivity contribution >= 4 is 40.6 Å². The first-order valence-electron chi connectivity index (χ1n) is 7.77. The van der Waals surface area contributed by atoms with Gasteiger partial charge in [0.25, 0.3) is 0 Å². The molecule has 1 aliphatic rings. The summed E-state index contributed by atoms with van der Waals surface area (Å²) >= 11 is 7.53. The van der Waals surface area contributed by atoms with E-state index in [4.69, 9.17) is 11.6 Å². The van der Waals surface area contributed by atoms with Gasteiger partial charge in [0.05, 0.1) is 6.54 Å². The lowest BCUT2D eigenvalue weighted by atomic mass is 10.2. The van der Waals surface area contributed by atoms with E-state index < -0.39 is 6.04 Å². The molecule has 1 saturated heterocycles. The van der Waals surface area contributed by atoms with E-state index >= 15 is 0 Å². The number of nitrogens with zero attached hydrogens (tertiary/aromatic N) is 1. The van der Waals surface area contributed by atoms with E-state index in [0.717, 1.165) is 11.3 Å². The average molecular weight is 364 g/mol. The zero-order valence-corrected chi connectivity index (χ0v) is 14.6. The van der Waals surface area contributed by atoms with Crippen LogP contribution in [0, 0.1) is 0 Å². The van der Waals surface area contributed by atoms with Crippen LogP contribution >= 0.6 is 22.9 Å². The Morgan fingerprint density at radius 1 is 1.29 bits per heavy atom. The van der Waals surface area contributed by atoms with Crippen LogP contribution in [-0.4, -0.2) is 29.4 Å². The van der Waals surface area contributed by atoms with Gasteiger partial charge in [-0.05, 0) is 42.5 Å². The van der Waals surface area contributed by atoms with Crippen LogP contribution in [0.15, 0.2) is 41.8 Å². The first kappa shape index (κ1) is 16.8. The molecule has 0 spiro atoms. The Morgan fingerprint density at radius 2 is 2.17 bits per heavy atom. The zero-order valence-electron chi connectivity index (χ0n) is 13.0. The second-order valence-corrected chi connectivity index (χ2v) is 7.06. The number of nitrogens with one attached hydrogen (secondary N) is 2. The Bertz CT molecular complexity index is 720. The third-order valence-electron chi connectivity index (χ3n) is 3.91. The number of amides is 3. The van der Waals surface area contributed by atoms with Gasteiger partial charge < -0.3 is 15.5 Å². The highest BCUT2D eigenvalue weighted by molar-refractivity contribution is 7.09. The number of rotatable bonds is 4. The maximum absolute atomic E-state index is 12.5. The molecule has 1 atom stereocenters. The van der Waals surface area contributed by atoms with Gasteiger partial charge in [0.15, 0.2) is 0 Å². The van der Waals surface area contributed by atoms with Gasteiger partial charge in [-0.25, -0.2) is 4.79 Å². The molecule has 1 aliphatic heterocycles. The number of anilines is 1. The van der Waals surface area contributed by atoms with Crippen molar-refractivity contribution in [1.82, 2.24) is 10.2 Å². The van der Waals surface area contributed by atoms with Crippen molar-refractivity contribution < 1.29 is 9.59 Å². The third kappa shape index (κ3) is 4.07. The van der Waals surface area contributed by atoms with Gasteiger partial charge in [0, 0.05) is 22.1 Å². The summed E-state index contributed by atoms with van der Waals surface area (Å²) in [4.78, 5) is 27.6. The van der Waals surface area contributed by atoms with Gasteiger partial charge in [0.1, 0.15) is 6.04 Å². The van der Waals surface area contributed by atoms with Crippen LogP contribution < -0.4 is 10.6 Å². The quantitative estimate of drug-likeness (QED) is 0.869. The summed E-state index contributed by atoms with van der Waals surface area (Å²) in [6.07, 6.45) is 1.50. The fourth-order valence-electron chi connectivity index (χ4n) is 2.75. The van der Waals surface area contributed by atoms with Crippen LogP contribution in [0.25, 0.3) is 0 Å². The van der Waals surface area contributed by atoms with E-state index in [0.29, 0.717) is 30.2 Å². The van der Waals surface area contributed by atoms with E-state index in [-0.39, 0.29) is 11.9 Å². The first-order valence-corrected chi connectivity index (χ1v) is 9.02. The summed E-state index contributed by atoms with van der Waals surface area (Å²) in [6, 6.07) is 10.2. The standard InChI is InChI=1S/C17H18ClN3O2S/c18-12-4-1-5-13(10-12)20-17(23)21-8-2-7-15(21)16(22)19-11-14-6-3-9-24-14/h1,3-6,9-10,15H,2,7-8,11H2,(H,19,22)(H,20,23)/t15-/m0/s1. The summed E-state index contributed by atoms with van der Waals surface area (Å²) in [6.45, 7) is 1.07. The largest absolute Gasteiger partial charge is 0.349 e. The van der Waals surface area contributed by atoms with Gasteiger partial charge in [-0.2, -0.15) is 0 Å². The third-order valence-corrected chi connectivity index (χ3v) is 5.02. The predicted octanol–water partition coefficient (Wildman–Crippen LogP) is 3.71. The molecular weight excluding hydrogens is 346 g/mol. The van der Waals surface area contributed by atoms with Gasteiger partial charge in [-0.15, -0.1) is 11.3 Å². The van der Waals surface area contributed by atoms with Crippen molar-refractivity contribution in [3.8, 4) is 0 Å². The molecular formula is C17H18ClN3O2S. The number of likely N-dealkylation sites (tertiary alicyclic amines) is 1. The first-order chi connectivity index (χ1) is 11.6. The average Bonchev–Trinajstić information content (AvgIpc) is 3.24. The molecule has 5 nitrogen and oxygen atoms in total. The van der Waals surface area contributed by atoms with Gasteiger partial charge >= 0.3 is 6.03 Å². The van der Waals surface area contributed by atoms with Crippen molar-refractivity contribution in [3.63, 3.8) is 0 Å². The molecule has 3 amide bonds. The predicted molar refractivity (Wildman–Crippen MR) is 96.4 cm³/mol. The van der Waals surface area contributed by atoms with E-state index in [1.165, 1.54) is 0 Å². The summed E-state index contributed by atoms with van der Waals surface area (Å²) in [7, 11) is 0. The molecule has 0 radical (unpaired) electrons. The van der Waals surface area contributed by atoms with Crippen LogP contribution in [0.5, 0.6) is 0 Å². The molecule has 2 N–H and O–H groups in total. The number of hydrogen-bond acceptors (Lipinski definition) is 3. The van der Waals surface area contributed by atoms with Crippen LogP contribution in [0.3, 0.4) is 0 Å². The van der Waals surface area contributed by atoms with Gasteiger partial charge in [-0.3, -0.25) is 4.79 Å². The van der Waals surface area contributed by atoms with Crippen molar-refractivity contribution in [3.05, 3.63) is 51.7 Å². The SMILES string of the molecule is O=C(NCc1cccs1)[C@@H]1CCCN1C(=O)Nc1cccc(Cl)c1. The number of carbonyl (C=O) groups excluding carboxylic acids is 2. The lowest BCUT2D eigenvalue weighted by Crippen LogP contribution is -2.47. The Balaban J connectivity index is 1.59. The highest BCUT2D eigenvalue weighted by atomic mass is 35.5. The minimum Gasteiger partial charge on any atom is -0.349 e. The monoisotopic (exact) mass is 363 g/mol. The van der Waals surface area contributed by atoms with Crippen molar-refractivity contribution in [1.29, 1.82) is 0 Å². The molecule has 2 heterocycles. The smallest absolute Gasteiger partial charge is 0.322 e. The van der Waals surface area contributed by atoms with Crippen molar-refractivity contribution in [2.75, 3.05) is 11.9 Å². The van der Waals surface area contributed by atoms with Crippen LogP contribution in [0.2, 0.25) is 5.02 Å². The minimum absolute atomic E-state index is 0.109. The highest BCUT2D eigenvalue weighted by Gasteiger charge is 2.34. The molecule has 7 heteroatoms. The Hall–Kier alpha value is -2.05. The molecule has 126 valence electrons. The van der Waals surface area contributed by atoms with Crippen LogP contribution in [0.1, 0.15) is 17.7 Å². The normalized spacial score (nSPS) is 16.9. The number of benzene rings is 1. The molecule has 3 rings (SSSR count). The molecule has 0 saturated carbocycles. The molecule has 2 aromatic rings. The fourth-order valence-corrected chi connectivity index (χ4v) is 3.58. The number of carbonyl (C=O) groups is 2. The molecule has 24 heavy (non-hydrogen) atoms. The molecule has 1 aromatic carbocycles. The second kappa shape index (κ2) is 7.68. The van der Waals surface area contributed by atoms with E-state index in [1.807, 2.05) is 17.5 Å². The van der Waals surface area contributed by atoms with Crippen molar-refractivity contribution in [2.45, 2.75) is 25.4 Å². The summed E-state index contributed by atoms with van der Waals surface area (Å²) in [5.41, 5.74) is 0.622. The number of hydrogen-bond donors (Lipinski definition) is 2. The van der Waals surface area contributed by atoms with Gasteiger partial charge in [-0.1, -0.05) is 23.7 Å². The molecule has 0 aliphatic carbocycles. The minimum atomic E-state index is -0.427. The Kier molecular flexibility index (Phi) is 5.37. The summed E-state index contributed by atoms with van der Waals surface area (Å²) in [5, 5.41) is 8.25. The lowest BCUT2D eigenvalue weighted by molar-refractivity contribution is -0.124. The van der Waals surface area contributed by atoms with Crippen LogP contribution in [0.4, 0.5) is 10.5 Å². The maximum Gasteiger partial charge on any atom is 0.322 e. The van der Waals surface area contributed by atoms with Crippen molar-refractivity contribution in [2.24, 2.45) is 0 Å². The Labute approximate surface area is 149 Å². The summed E-state index contributed by atoms with van der Waals surface area (Å²) in [5.74, 6) is -0.109. The molecule has 0 bridgehead atoms. The van der Waals surface area contributed by atoms with E-state index in [9.17, 15) is 9.59 Å².